The molecule has 98 valence electrons. The zero-order chi connectivity index (χ0) is 13.1. The van der Waals surface area contributed by atoms with Crippen molar-refractivity contribution in [2.45, 2.75) is 18.9 Å². The van der Waals surface area contributed by atoms with Crippen molar-refractivity contribution in [3.63, 3.8) is 0 Å². The van der Waals surface area contributed by atoms with Crippen LogP contribution in [0.4, 0.5) is 5.69 Å². The monoisotopic (exact) mass is 313 g/mol. The largest absolute Gasteiger partial charge is 0.478 e. The minimum atomic E-state index is -0.894. The molecule has 0 spiro atoms. The molecule has 0 heterocycles. The van der Waals surface area contributed by atoms with Gasteiger partial charge in [0.15, 0.2) is 0 Å². The van der Waals surface area contributed by atoms with Gasteiger partial charge in [-0.2, -0.15) is 0 Å². The summed E-state index contributed by atoms with van der Waals surface area (Å²) >= 11 is 3.31. The predicted octanol–water partition coefficient (Wildman–Crippen LogP) is 2.76. The highest BCUT2D eigenvalue weighted by Gasteiger charge is 2.31. The third kappa shape index (κ3) is 3.03. The van der Waals surface area contributed by atoms with Crippen LogP contribution in [0.1, 0.15) is 23.2 Å². The van der Waals surface area contributed by atoms with Crippen LogP contribution in [0, 0.1) is 0 Å². The average molecular weight is 314 g/mol. The van der Waals surface area contributed by atoms with E-state index >= 15 is 0 Å². The summed E-state index contributed by atoms with van der Waals surface area (Å²) in [7, 11) is 1.66. The van der Waals surface area contributed by atoms with E-state index in [1.807, 2.05) is 12.1 Å². The highest BCUT2D eigenvalue weighted by Crippen LogP contribution is 2.34. The molecule has 0 unspecified atom stereocenters. The zero-order valence-corrected chi connectivity index (χ0v) is 11.8. The van der Waals surface area contributed by atoms with Crippen LogP contribution < -0.4 is 4.90 Å². The first-order valence-corrected chi connectivity index (χ1v) is 6.71. The molecule has 0 aliphatic heterocycles. The smallest absolute Gasteiger partial charge is 0.337 e. The lowest BCUT2D eigenvalue weighted by molar-refractivity contribution is 0.0697. The Hall–Kier alpha value is -1.07. The number of carboxylic acid groups (broad SMARTS) is 1. The second kappa shape index (κ2) is 5.71. The third-order valence-electron chi connectivity index (χ3n) is 3.02. The highest BCUT2D eigenvalue weighted by molar-refractivity contribution is 9.10. The topological polar surface area (TPSA) is 49.8 Å². The predicted molar refractivity (Wildman–Crippen MR) is 73.3 cm³/mol. The number of rotatable bonds is 6. The van der Waals surface area contributed by atoms with E-state index in [1.165, 1.54) is 0 Å². The second-order valence-electron chi connectivity index (χ2n) is 4.38. The van der Waals surface area contributed by atoms with Crippen molar-refractivity contribution in [2.24, 2.45) is 0 Å². The summed E-state index contributed by atoms with van der Waals surface area (Å²) in [5.41, 5.74) is 1.12. The third-order valence-corrected chi connectivity index (χ3v) is 3.52. The molecule has 4 nitrogen and oxygen atoms in total. The van der Waals surface area contributed by atoms with E-state index in [4.69, 9.17) is 4.74 Å². The Morgan fingerprint density at radius 3 is 2.83 bits per heavy atom. The fraction of sp³-hybridized carbons (Fsp3) is 0.462. The summed E-state index contributed by atoms with van der Waals surface area (Å²) in [4.78, 5) is 13.5. The van der Waals surface area contributed by atoms with Crippen LogP contribution in [-0.2, 0) is 4.74 Å². The van der Waals surface area contributed by atoms with Crippen molar-refractivity contribution < 1.29 is 14.6 Å². The maximum absolute atomic E-state index is 11.3. The van der Waals surface area contributed by atoms with E-state index in [-0.39, 0.29) is 0 Å². The molecule has 0 amide bonds. The number of carboxylic acids is 1. The van der Waals surface area contributed by atoms with Crippen LogP contribution in [0.5, 0.6) is 0 Å². The molecule has 5 heteroatoms. The Labute approximate surface area is 115 Å². The summed E-state index contributed by atoms with van der Waals surface area (Å²) in [6, 6.07) is 5.85. The number of hydrogen-bond acceptors (Lipinski definition) is 3. The lowest BCUT2D eigenvalue weighted by Gasteiger charge is -2.26. The van der Waals surface area contributed by atoms with E-state index in [0.29, 0.717) is 18.2 Å². The van der Waals surface area contributed by atoms with Gasteiger partial charge in [0, 0.05) is 24.2 Å². The SMILES string of the molecule is COCCN(c1ccc(Br)cc1C(=O)O)C1CC1. The van der Waals surface area contributed by atoms with E-state index in [0.717, 1.165) is 29.5 Å². The van der Waals surface area contributed by atoms with Gasteiger partial charge in [-0.25, -0.2) is 4.79 Å². The summed E-state index contributed by atoms with van der Waals surface area (Å²) in [5.74, 6) is -0.894. The fourth-order valence-electron chi connectivity index (χ4n) is 2.01. The van der Waals surface area contributed by atoms with Crippen molar-refractivity contribution >= 4 is 27.6 Å². The van der Waals surface area contributed by atoms with Crippen molar-refractivity contribution in [1.82, 2.24) is 0 Å². The Kier molecular flexibility index (Phi) is 4.24. The van der Waals surface area contributed by atoms with Gasteiger partial charge >= 0.3 is 5.97 Å². The molecule has 0 atom stereocenters. The van der Waals surface area contributed by atoms with Gasteiger partial charge in [0.1, 0.15) is 0 Å². The molecule has 1 aromatic carbocycles. The van der Waals surface area contributed by atoms with Crippen LogP contribution in [0.3, 0.4) is 0 Å². The molecular formula is C13H16BrNO3. The quantitative estimate of drug-likeness (QED) is 0.877. The van der Waals surface area contributed by atoms with Gasteiger partial charge in [0.2, 0.25) is 0 Å². The van der Waals surface area contributed by atoms with Gasteiger partial charge in [0.05, 0.1) is 17.9 Å². The number of aromatic carboxylic acids is 1. The van der Waals surface area contributed by atoms with Crippen molar-refractivity contribution in [3.05, 3.63) is 28.2 Å². The van der Waals surface area contributed by atoms with Gasteiger partial charge in [-0.3, -0.25) is 0 Å². The van der Waals surface area contributed by atoms with Crippen molar-refractivity contribution in [3.8, 4) is 0 Å². The lowest BCUT2D eigenvalue weighted by atomic mass is 10.1. The number of anilines is 1. The Morgan fingerprint density at radius 2 is 2.28 bits per heavy atom. The first kappa shape index (κ1) is 13.4. The second-order valence-corrected chi connectivity index (χ2v) is 5.30. The first-order valence-electron chi connectivity index (χ1n) is 5.92. The minimum Gasteiger partial charge on any atom is -0.478 e. The van der Waals surface area contributed by atoms with Gasteiger partial charge in [-0.1, -0.05) is 15.9 Å². The van der Waals surface area contributed by atoms with E-state index in [2.05, 4.69) is 20.8 Å². The number of hydrogen-bond donors (Lipinski definition) is 1. The van der Waals surface area contributed by atoms with Crippen molar-refractivity contribution in [2.75, 3.05) is 25.2 Å². The van der Waals surface area contributed by atoms with Gasteiger partial charge in [-0.05, 0) is 31.0 Å². The van der Waals surface area contributed by atoms with E-state index in [1.54, 1.807) is 13.2 Å². The average Bonchev–Trinajstić information content (AvgIpc) is 3.15. The molecule has 1 aliphatic carbocycles. The number of ether oxygens (including phenoxy) is 1. The van der Waals surface area contributed by atoms with Gasteiger partial charge < -0.3 is 14.7 Å². The molecule has 0 radical (unpaired) electrons. The molecule has 0 saturated heterocycles. The molecule has 1 saturated carbocycles. The summed E-state index contributed by atoms with van der Waals surface area (Å²) in [5, 5.41) is 9.29. The van der Waals surface area contributed by atoms with Gasteiger partial charge in [-0.15, -0.1) is 0 Å². The summed E-state index contributed by atoms with van der Waals surface area (Å²) < 4.78 is 5.88. The standard InChI is InChI=1S/C13H16BrNO3/c1-18-7-6-15(10-3-4-10)12-5-2-9(14)8-11(12)13(16)17/h2,5,8,10H,3-4,6-7H2,1H3,(H,16,17). The Balaban J connectivity index is 2.30. The summed E-state index contributed by atoms with van der Waals surface area (Å²) in [6.45, 7) is 1.33. The minimum absolute atomic E-state index is 0.340. The molecular weight excluding hydrogens is 298 g/mol. The Bertz CT molecular complexity index is 446. The van der Waals surface area contributed by atoms with E-state index < -0.39 is 5.97 Å². The molecule has 2 rings (SSSR count). The highest BCUT2D eigenvalue weighted by atomic mass is 79.9. The molecule has 1 aromatic rings. The molecule has 1 aliphatic rings. The van der Waals surface area contributed by atoms with E-state index in [9.17, 15) is 9.90 Å². The lowest BCUT2D eigenvalue weighted by Crippen LogP contribution is -2.30. The molecule has 0 aromatic heterocycles. The fourth-order valence-corrected chi connectivity index (χ4v) is 2.37. The van der Waals surface area contributed by atoms with Crippen LogP contribution in [0.15, 0.2) is 22.7 Å². The normalized spacial score (nSPS) is 14.6. The van der Waals surface area contributed by atoms with Crippen LogP contribution in [0.2, 0.25) is 0 Å². The first-order chi connectivity index (χ1) is 8.63. The van der Waals surface area contributed by atoms with Gasteiger partial charge in [0.25, 0.3) is 0 Å². The van der Waals surface area contributed by atoms with Crippen LogP contribution in [-0.4, -0.2) is 37.4 Å². The maximum Gasteiger partial charge on any atom is 0.337 e. The summed E-state index contributed by atoms with van der Waals surface area (Å²) in [6.07, 6.45) is 2.25. The number of benzene rings is 1. The zero-order valence-electron chi connectivity index (χ0n) is 10.2. The number of nitrogens with zero attached hydrogens (tertiary/aromatic N) is 1. The number of carbonyl (C=O) groups is 1. The Morgan fingerprint density at radius 1 is 1.56 bits per heavy atom. The maximum atomic E-state index is 11.3. The molecule has 18 heavy (non-hydrogen) atoms. The van der Waals surface area contributed by atoms with Crippen LogP contribution in [0.25, 0.3) is 0 Å². The van der Waals surface area contributed by atoms with Crippen molar-refractivity contribution in [1.29, 1.82) is 0 Å². The molecule has 1 fully saturated rings. The number of halogens is 1. The van der Waals surface area contributed by atoms with Crippen LogP contribution >= 0.6 is 15.9 Å². The molecule has 0 bridgehead atoms. The molecule has 1 N–H and O–H groups in total. The number of methoxy groups -OCH3 is 1.